The normalized spacial score (nSPS) is 33.5. The van der Waals surface area contributed by atoms with Crippen molar-refractivity contribution in [1.82, 2.24) is 0 Å². The molecule has 3 atom stereocenters. The Balaban J connectivity index is 2.04. The number of benzene rings is 1. The molecule has 4 heteroatoms. The summed E-state index contributed by atoms with van der Waals surface area (Å²) in [6.07, 6.45) is 4.67. The van der Waals surface area contributed by atoms with Crippen molar-refractivity contribution in [2.45, 2.75) is 56.3 Å². The standard InChI is InChI=1S/C18H23NO3/c1-3-7-13-11-17(21,10-4-2)12-18(22-13)14-8-5-6-9-15(14)19-16(18)20/h4-6,8-9,13,21H,2-3,7,10-12H2,1H3,(H,19,20)/t13-,17+,18?/m1/s1. The molecule has 3 rings (SSSR count). The Bertz CT molecular complexity index is 600. The summed E-state index contributed by atoms with van der Waals surface area (Å²) in [5.74, 6) is -0.169. The van der Waals surface area contributed by atoms with E-state index < -0.39 is 11.2 Å². The van der Waals surface area contributed by atoms with E-state index in [1.165, 1.54) is 0 Å². The fourth-order valence-electron chi connectivity index (χ4n) is 3.82. The highest BCUT2D eigenvalue weighted by Gasteiger charge is 2.56. The molecule has 0 aliphatic carbocycles. The van der Waals surface area contributed by atoms with E-state index >= 15 is 0 Å². The predicted octanol–water partition coefficient (Wildman–Crippen LogP) is 3.12. The van der Waals surface area contributed by atoms with Crippen molar-refractivity contribution in [2.24, 2.45) is 0 Å². The highest BCUT2D eigenvalue weighted by atomic mass is 16.5. The third kappa shape index (κ3) is 2.36. The third-order valence-corrected chi connectivity index (χ3v) is 4.67. The first-order chi connectivity index (χ1) is 10.5. The number of para-hydroxylation sites is 1. The van der Waals surface area contributed by atoms with Crippen molar-refractivity contribution in [1.29, 1.82) is 0 Å². The van der Waals surface area contributed by atoms with Gasteiger partial charge in [0.05, 0.1) is 11.7 Å². The monoisotopic (exact) mass is 301 g/mol. The Morgan fingerprint density at radius 3 is 3.00 bits per heavy atom. The van der Waals surface area contributed by atoms with Gasteiger partial charge in [0.2, 0.25) is 0 Å². The van der Waals surface area contributed by atoms with Crippen LogP contribution in [0.2, 0.25) is 0 Å². The summed E-state index contributed by atoms with van der Waals surface area (Å²) in [5.41, 5.74) is -0.407. The molecular weight excluding hydrogens is 278 g/mol. The van der Waals surface area contributed by atoms with Crippen LogP contribution in [0.25, 0.3) is 0 Å². The number of amides is 1. The van der Waals surface area contributed by atoms with Crippen molar-refractivity contribution >= 4 is 11.6 Å². The second kappa shape index (κ2) is 5.52. The van der Waals surface area contributed by atoms with Gasteiger partial charge in [-0.2, -0.15) is 0 Å². The zero-order valence-electron chi connectivity index (χ0n) is 13.0. The molecule has 1 amide bonds. The molecule has 118 valence electrons. The Labute approximate surface area is 131 Å². The zero-order valence-corrected chi connectivity index (χ0v) is 13.0. The van der Waals surface area contributed by atoms with E-state index in [4.69, 9.17) is 4.74 Å². The maximum atomic E-state index is 12.7. The molecule has 0 bridgehead atoms. The fourth-order valence-corrected chi connectivity index (χ4v) is 3.82. The van der Waals surface area contributed by atoms with Crippen molar-refractivity contribution in [3.05, 3.63) is 42.5 Å². The lowest BCUT2D eigenvalue weighted by atomic mass is 9.75. The van der Waals surface area contributed by atoms with Crippen LogP contribution in [-0.4, -0.2) is 22.7 Å². The summed E-state index contributed by atoms with van der Waals surface area (Å²) in [4.78, 5) is 12.7. The molecule has 4 nitrogen and oxygen atoms in total. The van der Waals surface area contributed by atoms with Crippen LogP contribution in [-0.2, 0) is 15.1 Å². The molecule has 1 saturated heterocycles. The quantitative estimate of drug-likeness (QED) is 0.840. The maximum absolute atomic E-state index is 12.7. The lowest BCUT2D eigenvalue weighted by molar-refractivity contribution is -0.201. The number of hydrogen-bond acceptors (Lipinski definition) is 3. The smallest absolute Gasteiger partial charge is 0.261 e. The number of ether oxygens (including phenoxy) is 1. The molecule has 2 N–H and O–H groups in total. The number of fused-ring (bicyclic) bond motifs is 2. The molecule has 0 radical (unpaired) electrons. The van der Waals surface area contributed by atoms with Gasteiger partial charge in [0.25, 0.3) is 5.91 Å². The number of carbonyl (C=O) groups excluding carboxylic acids is 1. The van der Waals surface area contributed by atoms with E-state index in [0.29, 0.717) is 12.8 Å². The first-order valence-corrected chi connectivity index (χ1v) is 7.95. The molecule has 1 aromatic carbocycles. The topological polar surface area (TPSA) is 58.6 Å². The first-order valence-electron chi connectivity index (χ1n) is 7.95. The van der Waals surface area contributed by atoms with Gasteiger partial charge in [-0.25, -0.2) is 0 Å². The maximum Gasteiger partial charge on any atom is 0.261 e. The molecule has 2 heterocycles. The van der Waals surface area contributed by atoms with Crippen LogP contribution in [0.5, 0.6) is 0 Å². The van der Waals surface area contributed by atoms with Crippen LogP contribution in [0.4, 0.5) is 5.69 Å². The van der Waals surface area contributed by atoms with Crippen LogP contribution in [0.3, 0.4) is 0 Å². The van der Waals surface area contributed by atoms with Gasteiger partial charge in [-0.1, -0.05) is 37.6 Å². The van der Waals surface area contributed by atoms with Gasteiger partial charge in [0.15, 0.2) is 5.60 Å². The minimum atomic E-state index is -1.08. The highest BCUT2D eigenvalue weighted by molar-refractivity contribution is 6.05. The predicted molar refractivity (Wildman–Crippen MR) is 85.5 cm³/mol. The minimum Gasteiger partial charge on any atom is -0.389 e. The van der Waals surface area contributed by atoms with Gasteiger partial charge in [-0.15, -0.1) is 6.58 Å². The van der Waals surface area contributed by atoms with Crippen LogP contribution < -0.4 is 5.32 Å². The Hall–Kier alpha value is -1.65. The van der Waals surface area contributed by atoms with Gasteiger partial charge in [0, 0.05) is 24.1 Å². The Morgan fingerprint density at radius 1 is 1.50 bits per heavy atom. The summed E-state index contributed by atoms with van der Waals surface area (Å²) in [6, 6.07) is 7.58. The summed E-state index contributed by atoms with van der Waals surface area (Å²) >= 11 is 0. The van der Waals surface area contributed by atoms with Crippen molar-refractivity contribution in [3.63, 3.8) is 0 Å². The number of nitrogens with one attached hydrogen (secondary N) is 1. The lowest BCUT2D eigenvalue weighted by Crippen LogP contribution is -2.53. The number of anilines is 1. The second-order valence-corrected chi connectivity index (χ2v) is 6.45. The molecule has 2 aliphatic rings. The molecule has 0 aromatic heterocycles. The number of rotatable bonds is 4. The SMILES string of the molecule is C=CC[C@]1(O)C[C@@H](CCC)OC2(C1)C(=O)Nc1ccccc12. The molecular formula is C18H23NO3. The van der Waals surface area contributed by atoms with Crippen molar-refractivity contribution in [2.75, 3.05) is 5.32 Å². The van der Waals surface area contributed by atoms with E-state index in [1.807, 2.05) is 24.3 Å². The van der Waals surface area contributed by atoms with Crippen LogP contribution in [0.1, 0.15) is 44.6 Å². The van der Waals surface area contributed by atoms with E-state index in [0.717, 1.165) is 24.1 Å². The van der Waals surface area contributed by atoms with Crippen LogP contribution in [0, 0.1) is 0 Å². The fraction of sp³-hybridized carbons (Fsp3) is 0.500. The van der Waals surface area contributed by atoms with E-state index in [1.54, 1.807) is 6.08 Å². The molecule has 1 fully saturated rings. The molecule has 0 saturated carbocycles. The van der Waals surface area contributed by atoms with E-state index in [2.05, 4.69) is 18.8 Å². The van der Waals surface area contributed by atoms with Crippen LogP contribution >= 0.6 is 0 Å². The van der Waals surface area contributed by atoms with Gasteiger partial charge in [-0.05, 0) is 18.9 Å². The van der Waals surface area contributed by atoms with Gasteiger partial charge in [-0.3, -0.25) is 4.79 Å². The number of aliphatic hydroxyl groups is 1. The number of hydrogen-bond donors (Lipinski definition) is 2. The van der Waals surface area contributed by atoms with E-state index in [-0.39, 0.29) is 18.4 Å². The van der Waals surface area contributed by atoms with Gasteiger partial charge in [0.1, 0.15) is 0 Å². The summed E-state index contributed by atoms with van der Waals surface area (Å²) < 4.78 is 6.25. The van der Waals surface area contributed by atoms with Crippen molar-refractivity contribution < 1.29 is 14.6 Å². The molecule has 22 heavy (non-hydrogen) atoms. The lowest BCUT2D eigenvalue weighted by Gasteiger charge is -2.45. The largest absolute Gasteiger partial charge is 0.389 e. The summed E-state index contributed by atoms with van der Waals surface area (Å²) in [7, 11) is 0. The van der Waals surface area contributed by atoms with Crippen molar-refractivity contribution in [3.8, 4) is 0 Å². The molecule has 1 unspecified atom stereocenters. The summed E-state index contributed by atoms with van der Waals surface area (Å²) in [6.45, 7) is 5.83. The third-order valence-electron chi connectivity index (χ3n) is 4.67. The summed E-state index contributed by atoms with van der Waals surface area (Å²) in [5, 5.41) is 13.9. The van der Waals surface area contributed by atoms with Gasteiger partial charge < -0.3 is 15.2 Å². The second-order valence-electron chi connectivity index (χ2n) is 6.45. The average Bonchev–Trinajstić information content (AvgIpc) is 2.71. The van der Waals surface area contributed by atoms with Crippen LogP contribution in [0.15, 0.2) is 36.9 Å². The zero-order chi connectivity index (χ0) is 15.8. The van der Waals surface area contributed by atoms with E-state index in [9.17, 15) is 9.90 Å². The minimum absolute atomic E-state index is 0.124. The molecule has 2 aliphatic heterocycles. The molecule has 1 aromatic rings. The highest BCUT2D eigenvalue weighted by Crippen LogP contribution is 2.50. The average molecular weight is 301 g/mol. The Kier molecular flexibility index (Phi) is 3.83. The Morgan fingerprint density at radius 2 is 2.27 bits per heavy atom. The molecule has 1 spiro atoms. The number of carbonyl (C=O) groups is 1. The van der Waals surface area contributed by atoms with Gasteiger partial charge >= 0.3 is 0 Å². The first kappa shape index (κ1) is 15.3.